The summed E-state index contributed by atoms with van der Waals surface area (Å²) in [5.41, 5.74) is 0.342. The van der Waals surface area contributed by atoms with Crippen LogP contribution in [0.3, 0.4) is 0 Å². The second kappa shape index (κ2) is 16.5. The Kier molecular flexibility index (Phi) is 13.7. The highest BCUT2D eigenvalue weighted by atomic mass is 32.1. The van der Waals surface area contributed by atoms with Gasteiger partial charge in [-0.15, -0.1) is 34.0 Å². The van der Waals surface area contributed by atoms with Crippen LogP contribution in [0.1, 0.15) is 42.4 Å². The van der Waals surface area contributed by atoms with Gasteiger partial charge in [0.15, 0.2) is 5.78 Å². The van der Waals surface area contributed by atoms with Crippen molar-refractivity contribution in [2.24, 2.45) is 0 Å². The number of thiophene rings is 3. The van der Waals surface area contributed by atoms with Gasteiger partial charge in [0.25, 0.3) is 0 Å². The summed E-state index contributed by atoms with van der Waals surface area (Å²) in [6.45, 7) is 15.3. The lowest BCUT2D eigenvalue weighted by molar-refractivity contribution is 0.0998. The Morgan fingerprint density at radius 3 is 1.67 bits per heavy atom. The molecule has 0 aliphatic carbocycles. The van der Waals surface area contributed by atoms with Crippen molar-refractivity contribution in [3.63, 3.8) is 0 Å². The topological polar surface area (TPSA) is 87.0 Å². The fourth-order valence-corrected chi connectivity index (χ4v) is 4.30. The molecule has 0 amide bonds. The molecule has 0 fully saturated rings. The lowest BCUT2D eigenvalue weighted by Gasteiger charge is -2.04. The summed E-state index contributed by atoms with van der Waals surface area (Å²) in [6, 6.07) is 12.4. The van der Waals surface area contributed by atoms with Crippen LogP contribution in [0.2, 0.25) is 0 Å². The largest absolute Gasteiger partial charge is 0.393 e. The van der Waals surface area contributed by atoms with Crippen molar-refractivity contribution in [2.75, 3.05) is 14.1 Å². The van der Waals surface area contributed by atoms with Crippen LogP contribution in [0.5, 0.6) is 0 Å². The SMILES string of the molecule is N#CCC(=O)c1cccs1.[C-]#[N+]/C(=C\C)C(=O)c1cccs1.[C-]#[N+]/C(=C\N(C)C)C(=O)c1cccs1. The Balaban J connectivity index is 0.000000274. The minimum absolute atomic E-state index is 0.0134. The van der Waals surface area contributed by atoms with Gasteiger partial charge in [0, 0.05) is 20.3 Å². The van der Waals surface area contributed by atoms with E-state index in [1.165, 1.54) is 46.3 Å². The molecule has 0 aromatic carbocycles. The number of carbonyl (C=O) groups excluding carboxylic acids is 3. The molecule has 0 aliphatic rings. The second-order valence-corrected chi connectivity index (χ2v) is 9.57. The first-order chi connectivity index (χ1) is 17.3. The first kappa shape index (κ1) is 29.9. The van der Waals surface area contributed by atoms with Crippen LogP contribution in [0.25, 0.3) is 9.69 Å². The van der Waals surface area contributed by atoms with Gasteiger partial charge in [0.05, 0.1) is 40.3 Å². The van der Waals surface area contributed by atoms with Gasteiger partial charge in [0.1, 0.15) is 0 Å². The maximum atomic E-state index is 11.7. The molecule has 0 spiro atoms. The Morgan fingerprint density at radius 2 is 1.33 bits per heavy atom. The number of Topliss-reactive ketones (excluding diaryl/α,β-unsaturated/α-hetero) is 3. The molecule has 3 aromatic heterocycles. The van der Waals surface area contributed by atoms with E-state index in [-0.39, 0.29) is 35.2 Å². The first-order valence-corrected chi connectivity index (χ1v) is 12.8. The fourth-order valence-electron chi connectivity index (χ4n) is 2.29. The van der Waals surface area contributed by atoms with Crippen molar-refractivity contribution < 1.29 is 14.4 Å². The summed E-state index contributed by atoms with van der Waals surface area (Å²) in [5.74, 6) is -0.469. The summed E-state index contributed by atoms with van der Waals surface area (Å²) in [4.78, 5) is 43.9. The highest BCUT2D eigenvalue weighted by Gasteiger charge is 2.13. The van der Waals surface area contributed by atoms with E-state index >= 15 is 0 Å². The van der Waals surface area contributed by atoms with E-state index in [9.17, 15) is 14.4 Å². The van der Waals surface area contributed by atoms with Crippen LogP contribution in [0.15, 0.2) is 76.2 Å². The van der Waals surface area contributed by atoms with Crippen molar-refractivity contribution in [3.05, 3.63) is 114 Å². The summed E-state index contributed by atoms with van der Waals surface area (Å²) >= 11 is 4.08. The van der Waals surface area contributed by atoms with Crippen molar-refractivity contribution in [2.45, 2.75) is 13.3 Å². The van der Waals surface area contributed by atoms with Gasteiger partial charge in [-0.05, 0) is 34.3 Å². The first-order valence-electron chi connectivity index (χ1n) is 10.2. The lowest BCUT2D eigenvalue weighted by Crippen LogP contribution is -2.06. The smallest absolute Gasteiger partial charge is 0.250 e. The molecule has 0 saturated heterocycles. The van der Waals surface area contributed by atoms with Crippen LogP contribution in [0, 0.1) is 24.5 Å². The molecule has 0 radical (unpaired) electrons. The Bertz CT molecular complexity index is 1310. The van der Waals surface area contributed by atoms with E-state index in [2.05, 4.69) is 9.69 Å². The third kappa shape index (κ3) is 10.0. The number of hydrogen-bond acceptors (Lipinski definition) is 8. The maximum Gasteiger partial charge on any atom is 0.250 e. The molecule has 0 bridgehead atoms. The number of hydrogen-bond donors (Lipinski definition) is 0. The number of nitriles is 1. The highest BCUT2D eigenvalue weighted by molar-refractivity contribution is 7.12. The molecule has 3 rings (SSSR count). The lowest BCUT2D eigenvalue weighted by atomic mass is 10.2. The van der Waals surface area contributed by atoms with Crippen molar-refractivity contribution in [1.82, 2.24) is 4.90 Å². The molecule has 0 unspecified atom stereocenters. The van der Waals surface area contributed by atoms with Crippen LogP contribution in [0.4, 0.5) is 0 Å². The zero-order chi connectivity index (χ0) is 26.9. The minimum Gasteiger partial charge on any atom is -0.393 e. The van der Waals surface area contributed by atoms with Crippen LogP contribution in [-0.2, 0) is 0 Å². The van der Waals surface area contributed by atoms with Crippen molar-refractivity contribution in [1.29, 1.82) is 5.26 Å². The summed E-state index contributed by atoms with van der Waals surface area (Å²) in [7, 11) is 3.57. The van der Waals surface area contributed by atoms with Gasteiger partial charge in [-0.1, -0.05) is 31.2 Å². The fraction of sp³-hybridized carbons (Fsp3) is 0.154. The van der Waals surface area contributed by atoms with E-state index < -0.39 is 0 Å². The second-order valence-electron chi connectivity index (χ2n) is 6.72. The molecule has 182 valence electrons. The van der Waals surface area contributed by atoms with Crippen molar-refractivity contribution >= 4 is 51.4 Å². The van der Waals surface area contributed by atoms with Gasteiger partial charge >= 0.3 is 0 Å². The third-order valence-electron chi connectivity index (χ3n) is 3.89. The monoisotopic (exact) mass is 534 g/mol. The average Bonchev–Trinajstić information content (AvgIpc) is 3.67. The molecule has 0 N–H and O–H groups in total. The molecule has 36 heavy (non-hydrogen) atoms. The number of allylic oxidation sites excluding steroid dienone is 3. The van der Waals surface area contributed by atoms with Gasteiger partial charge in [-0.2, -0.15) is 5.26 Å². The van der Waals surface area contributed by atoms with E-state index in [1.807, 2.05) is 22.2 Å². The van der Waals surface area contributed by atoms with E-state index in [0.717, 1.165) is 0 Å². The predicted molar refractivity (Wildman–Crippen MR) is 145 cm³/mol. The van der Waals surface area contributed by atoms with Crippen LogP contribution in [-0.4, -0.2) is 36.3 Å². The number of nitrogens with zero attached hydrogens (tertiary/aromatic N) is 4. The standard InChI is InChI=1S/C10H10N2OS.C9H7NOS.C7H5NOS/c1-11-8(7-12(2)3)10(13)9-5-4-6-14-9;1-3-7(10-2)9(11)8-5-4-6-12-8;8-4-3-6(9)7-2-1-5-10-7/h4-7H,2-3H3;3-6H,1H3;1-2,5H,3H2/b8-7-;7-3-;. The molecular weight excluding hydrogens is 513 g/mol. The summed E-state index contributed by atoms with van der Waals surface area (Å²) < 4.78 is 0. The average molecular weight is 535 g/mol. The zero-order valence-electron chi connectivity index (χ0n) is 19.8. The minimum atomic E-state index is -0.205. The molecule has 3 aromatic rings. The molecule has 0 atom stereocenters. The molecule has 3 heterocycles. The Morgan fingerprint density at radius 1 is 0.889 bits per heavy atom. The predicted octanol–water partition coefficient (Wildman–Crippen LogP) is 6.85. The van der Waals surface area contributed by atoms with E-state index in [1.54, 1.807) is 62.3 Å². The number of rotatable bonds is 7. The van der Waals surface area contributed by atoms with Gasteiger partial charge in [0.2, 0.25) is 23.0 Å². The third-order valence-corrected chi connectivity index (χ3v) is 6.53. The van der Waals surface area contributed by atoms with Gasteiger partial charge in [-0.25, -0.2) is 9.69 Å². The highest BCUT2D eigenvalue weighted by Crippen LogP contribution is 2.16. The molecule has 10 heteroatoms. The van der Waals surface area contributed by atoms with Crippen molar-refractivity contribution in [3.8, 4) is 6.07 Å². The molecule has 0 aliphatic heterocycles. The summed E-state index contributed by atoms with van der Waals surface area (Å²) in [6.07, 6.45) is 3.06. The van der Waals surface area contributed by atoms with Crippen LogP contribution < -0.4 is 0 Å². The van der Waals surface area contributed by atoms with Crippen LogP contribution >= 0.6 is 34.0 Å². The normalized spacial score (nSPS) is 10.2. The number of ketones is 3. The van der Waals surface area contributed by atoms with E-state index in [4.69, 9.17) is 18.4 Å². The molecule has 7 nitrogen and oxygen atoms in total. The summed E-state index contributed by atoms with van der Waals surface area (Å²) in [5, 5.41) is 13.6. The molecular formula is C26H22N4O3S3. The van der Waals surface area contributed by atoms with Gasteiger partial charge in [-0.3, -0.25) is 4.79 Å². The van der Waals surface area contributed by atoms with E-state index in [0.29, 0.717) is 14.6 Å². The maximum absolute atomic E-state index is 11.7. The number of carbonyl (C=O) groups is 3. The quantitative estimate of drug-likeness (QED) is 0.188. The Hall–Kier alpha value is -4.14. The Labute approximate surface area is 222 Å². The zero-order valence-corrected chi connectivity index (χ0v) is 22.2. The molecule has 0 saturated carbocycles. The van der Waals surface area contributed by atoms with Gasteiger partial charge < -0.3 is 14.5 Å².